The third-order valence-corrected chi connectivity index (χ3v) is 3.57. The van der Waals surface area contributed by atoms with Gasteiger partial charge in [-0.3, -0.25) is 9.59 Å². The minimum Gasteiger partial charge on any atom is -0.481 e. The Morgan fingerprint density at radius 3 is 2.65 bits per heavy atom. The van der Waals surface area contributed by atoms with Gasteiger partial charge in [0.25, 0.3) is 0 Å². The van der Waals surface area contributed by atoms with Crippen molar-refractivity contribution >= 4 is 17.6 Å². The number of carboxylic acids is 1. The van der Waals surface area contributed by atoms with Crippen molar-refractivity contribution in [2.24, 2.45) is 11.7 Å². The Labute approximate surface area is 118 Å². The highest BCUT2D eigenvalue weighted by Crippen LogP contribution is 2.36. The zero-order chi connectivity index (χ0) is 14.9. The van der Waals surface area contributed by atoms with E-state index in [-0.39, 0.29) is 12.5 Å². The van der Waals surface area contributed by atoms with Crippen LogP contribution in [0.25, 0.3) is 0 Å². The molecule has 1 aromatic carbocycles. The molecular weight excluding hydrogens is 256 g/mol. The van der Waals surface area contributed by atoms with Gasteiger partial charge in [-0.2, -0.15) is 0 Å². The van der Waals surface area contributed by atoms with E-state index in [1.165, 1.54) is 4.90 Å². The fourth-order valence-corrected chi connectivity index (χ4v) is 2.64. The topological polar surface area (TPSA) is 83.6 Å². The second-order valence-electron chi connectivity index (χ2n) is 5.63. The first-order chi connectivity index (χ1) is 9.41. The van der Waals surface area contributed by atoms with Crippen LogP contribution in [0.5, 0.6) is 0 Å². The number of hydrogen-bond donors (Lipinski definition) is 2. The molecule has 5 heteroatoms. The van der Waals surface area contributed by atoms with Gasteiger partial charge in [-0.25, -0.2) is 0 Å². The molecule has 0 radical (unpaired) electrons. The highest BCUT2D eigenvalue weighted by atomic mass is 16.4. The Balaban J connectivity index is 2.26. The quantitative estimate of drug-likeness (QED) is 0.874. The smallest absolute Gasteiger partial charge is 0.312 e. The monoisotopic (exact) mass is 276 g/mol. The molecule has 0 fully saturated rings. The van der Waals surface area contributed by atoms with Crippen molar-refractivity contribution in [3.8, 4) is 0 Å². The Morgan fingerprint density at radius 1 is 1.40 bits per heavy atom. The van der Waals surface area contributed by atoms with Crippen LogP contribution in [0.2, 0.25) is 0 Å². The molecule has 20 heavy (non-hydrogen) atoms. The third kappa shape index (κ3) is 2.67. The zero-order valence-corrected chi connectivity index (χ0v) is 11.7. The molecule has 0 bridgehead atoms. The number of fused-ring (bicyclic) bond motifs is 1. The Bertz CT molecular complexity index is 528. The third-order valence-electron chi connectivity index (χ3n) is 3.57. The lowest BCUT2D eigenvalue weighted by atomic mass is 10.0. The van der Waals surface area contributed by atoms with Crippen molar-refractivity contribution in [1.82, 2.24) is 0 Å². The first-order valence-electron chi connectivity index (χ1n) is 6.80. The lowest BCUT2D eigenvalue weighted by Crippen LogP contribution is -2.44. The number of rotatable bonds is 4. The summed E-state index contributed by atoms with van der Waals surface area (Å²) in [5, 5.41) is 9.27. The number of nitrogens with zero attached hydrogens (tertiary/aromatic N) is 1. The van der Waals surface area contributed by atoms with E-state index in [0.717, 1.165) is 0 Å². The van der Waals surface area contributed by atoms with Crippen molar-refractivity contribution in [3.05, 3.63) is 29.8 Å². The van der Waals surface area contributed by atoms with Gasteiger partial charge in [0, 0.05) is 12.2 Å². The van der Waals surface area contributed by atoms with Gasteiger partial charge in [-0.1, -0.05) is 32.0 Å². The molecule has 0 aliphatic carbocycles. The van der Waals surface area contributed by atoms with Gasteiger partial charge in [0.1, 0.15) is 5.92 Å². The van der Waals surface area contributed by atoms with Crippen LogP contribution in [-0.4, -0.2) is 29.6 Å². The zero-order valence-electron chi connectivity index (χ0n) is 11.7. The largest absolute Gasteiger partial charge is 0.481 e. The molecule has 5 nitrogen and oxygen atoms in total. The van der Waals surface area contributed by atoms with Crippen LogP contribution >= 0.6 is 0 Å². The van der Waals surface area contributed by atoms with Crippen LogP contribution in [0.1, 0.15) is 31.7 Å². The van der Waals surface area contributed by atoms with Crippen molar-refractivity contribution in [2.45, 2.75) is 32.2 Å². The van der Waals surface area contributed by atoms with E-state index in [9.17, 15) is 14.7 Å². The fraction of sp³-hybridized carbons (Fsp3) is 0.467. The average molecular weight is 276 g/mol. The molecule has 0 saturated carbocycles. The van der Waals surface area contributed by atoms with E-state index in [0.29, 0.717) is 23.6 Å². The molecule has 0 saturated heterocycles. The fourth-order valence-electron chi connectivity index (χ4n) is 2.64. The molecule has 2 atom stereocenters. The first kappa shape index (κ1) is 14.5. The number of carbonyl (C=O) groups is 2. The number of para-hydroxylation sites is 1. The maximum absolute atomic E-state index is 12.4. The summed E-state index contributed by atoms with van der Waals surface area (Å²) in [5.74, 6) is -1.46. The average Bonchev–Trinajstić information content (AvgIpc) is 2.76. The van der Waals surface area contributed by atoms with E-state index in [1.807, 2.05) is 13.8 Å². The SMILES string of the molecule is CC(C)C[C@@H](N)C(=O)N1CC(C(=O)O)c2ccccc21. The Morgan fingerprint density at radius 2 is 2.05 bits per heavy atom. The summed E-state index contributed by atoms with van der Waals surface area (Å²) in [6, 6.07) is 6.54. The van der Waals surface area contributed by atoms with E-state index >= 15 is 0 Å². The molecule has 2 rings (SSSR count). The van der Waals surface area contributed by atoms with Crippen LogP contribution in [0.4, 0.5) is 5.69 Å². The van der Waals surface area contributed by atoms with E-state index in [2.05, 4.69) is 0 Å². The molecule has 108 valence electrons. The molecule has 1 aliphatic rings. The van der Waals surface area contributed by atoms with Gasteiger partial charge in [0.05, 0.1) is 6.04 Å². The highest BCUT2D eigenvalue weighted by molar-refractivity contribution is 6.01. The van der Waals surface area contributed by atoms with Crippen molar-refractivity contribution in [3.63, 3.8) is 0 Å². The van der Waals surface area contributed by atoms with Gasteiger partial charge in [0.15, 0.2) is 0 Å². The molecule has 0 aromatic heterocycles. The maximum atomic E-state index is 12.4. The number of anilines is 1. The van der Waals surface area contributed by atoms with Gasteiger partial charge >= 0.3 is 5.97 Å². The predicted octanol–water partition coefficient (Wildman–Crippen LogP) is 1.57. The summed E-state index contributed by atoms with van der Waals surface area (Å²) in [6.07, 6.45) is 0.592. The van der Waals surface area contributed by atoms with E-state index < -0.39 is 17.9 Å². The number of aliphatic carboxylic acids is 1. The number of benzene rings is 1. The normalized spacial score (nSPS) is 19.0. The predicted molar refractivity (Wildman–Crippen MR) is 76.6 cm³/mol. The molecule has 1 heterocycles. The number of hydrogen-bond acceptors (Lipinski definition) is 3. The molecule has 1 unspecified atom stereocenters. The van der Waals surface area contributed by atoms with Gasteiger partial charge < -0.3 is 15.7 Å². The molecule has 1 amide bonds. The molecular formula is C15H20N2O3. The summed E-state index contributed by atoms with van der Waals surface area (Å²) in [4.78, 5) is 25.2. The van der Waals surface area contributed by atoms with Crippen LogP contribution in [0.3, 0.4) is 0 Å². The number of amides is 1. The summed E-state index contributed by atoms with van der Waals surface area (Å²) in [7, 11) is 0. The van der Waals surface area contributed by atoms with Crippen molar-refractivity contribution in [1.29, 1.82) is 0 Å². The number of carboxylic acid groups (broad SMARTS) is 1. The van der Waals surface area contributed by atoms with Gasteiger partial charge in [0.2, 0.25) is 5.91 Å². The maximum Gasteiger partial charge on any atom is 0.312 e. The highest BCUT2D eigenvalue weighted by Gasteiger charge is 2.37. The van der Waals surface area contributed by atoms with Crippen LogP contribution in [-0.2, 0) is 9.59 Å². The van der Waals surface area contributed by atoms with Crippen LogP contribution < -0.4 is 10.6 Å². The summed E-state index contributed by atoms with van der Waals surface area (Å²) < 4.78 is 0. The van der Waals surface area contributed by atoms with Crippen LogP contribution in [0, 0.1) is 5.92 Å². The molecule has 3 N–H and O–H groups in total. The van der Waals surface area contributed by atoms with E-state index in [4.69, 9.17) is 5.73 Å². The summed E-state index contributed by atoms with van der Waals surface area (Å²) in [5.41, 5.74) is 7.29. The Kier molecular flexibility index (Phi) is 4.09. The van der Waals surface area contributed by atoms with Crippen molar-refractivity contribution < 1.29 is 14.7 Å². The first-order valence-corrected chi connectivity index (χ1v) is 6.80. The lowest BCUT2D eigenvalue weighted by Gasteiger charge is -2.22. The van der Waals surface area contributed by atoms with E-state index in [1.54, 1.807) is 24.3 Å². The van der Waals surface area contributed by atoms with Crippen LogP contribution in [0.15, 0.2) is 24.3 Å². The van der Waals surface area contributed by atoms with Gasteiger partial charge in [-0.15, -0.1) is 0 Å². The molecule has 0 spiro atoms. The second-order valence-corrected chi connectivity index (χ2v) is 5.63. The number of nitrogens with two attached hydrogens (primary N) is 1. The lowest BCUT2D eigenvalue weighted by molar-refractivity contribution is -0.138. The standard InChI is InChI=1S/C15H20N2O3/c1-9(2)7-12(16)14(18)17-8-11(15(19)20)10-5-3-4-6-13(10)17/h3-6,9,11-12H,7-8,16H2,1-2H3,(H,19,20)/t11?,12-/m1/s1. The summed E-state index contributed by atoms with van der Waals surface area (Å²) in [6.45, 7) is 4.18. The minimum absolute atomic E-state index is 0.166. The molecule has 1 aliphatic heterocycles. The number of carbonyl (C=O) groups excluding carboxylic acids is 1. The molecule has 1 aromatic rings. The van der Waals surface area contributed by atoms with Gasteiger partial charge in [-0.05, 0) is 24.0 Å². The Hall–Kier alpha value is -1.88. The summed E-state index contributed by atoms with van der Waals surface area (Å²) >= 11 is 0. The second kappa shape index (κ2) is 5.63. The van der Waals surface area contributed by atoms with Crippen molar-refractivity contribution in [2.75, 3.05) is 11.4 Å². The minimum atomic E-state index is -0.912.